The molecule has 0 aliphatic carbocycles. The van der Waals surface area contributed by atoms with Crippen molar-refractivity contribution in [3.63, 3.8) is 0 Å². The van der Waals surface area contributed by atoms with Crippen LogP contribution in [-0.4, -0.2) is 22.8 Å². The van der Waals surface area contributed by atoms with E-state index in [2.05, 4.69) is 16.4 Å². The van der Waals surface area contributed by atoms with E-state index >= 15 is 0 Å². The van der Waals surface area contributed by atoms with Crippen molar-refractivity contribution >= 4 is 34.8 Å². The zero-order chi connectivity index (χ0) is 21.8. The third kappa shape index (κ3) is 4.43. The summed E-state index contributed by atoms with van der Waals surface area (Å²) in [6, 6.07) is 23.3. The van der Waals surface area contributed by atoms with Gasteiger partial charge in [-0.05, 0) is 41.5 Å². The molecule has 0 radical (unpaired) electrons. The molecule has 3 aromatic rings. The van der Waals surface area contributed by atoms with Crippen LogP contribution in [0.15, 0.2) is 77.8 Å². The molecule has 31 heavy (non-hydrogen) atoms. The maximum atomic E-state index is 12.5. The Morgan fingerprint density at radius 3 is 2.65 bits per heavy atom. The molecule has 2 N–H and O–H groups in total. The van der Waals surface area contributed by atoms with Crippen molar-refractivity contribution in [2.45, 2.75) is 13.0 Å². The normalized spacial score (nSPS) is 12.6. The van der Waals surface area contributed by atoms with E-state index in [1.54, 1.807) is 42.5 Å². The van der Waals surface area contributed by atoms with Crippen molar-refractivity contribution in [1.29, 1.82) is 5.26 Å². The van der Waals surface area contributed by atoms with E-state index in [4.69, 9.17) is 5.26 Å². The Morgan fingerprint density at radius 1 is 1.10 bits per heavy atom. The van der Waals surface area contributed by atoms with Crippen molar-refractivity contribution in [1.82, 2.24) is 0 Å². The highest BCUT2D eigenvalue weighted by Crippen LogP contribution is 2.33. The zero-order valence-corrected chi connectivity index (χ0v) is 16.4. The third-order valence-corrected chi connectivity index (χ3v) is 4.89. The third-order valence-electron chi connectivity index (χ3n) is 4.89. The Balaban J connectivity index is 1.70. The number of fused-ring (bicyclic) bond motifs is 1. The van der Waals surface area contributed by atoms with E-state index < -0.39 is 6.09 Å². The molecule has 0 aromatic heterocycles. The summed E-state index contributed by atoms with van der Waals surface area (Å²) in [5, 5.41) is 21.7. The number of carboxylic acid groups (broad SMARTS) is 1. The Bertz CT molecular complexity index is 1230. The van der Waals surface area contributed by atoms with Crippen LogP contribution in [0.2, 0.25) is 0 Å². The van der Waals surface area contributed by atoms with Crippen molar-refractivity contribution in [2.24, 2.45) is 4.99 Å². The van der Waals surface area contributed by atoms with Gasteiger partial charge in [0.1, 0.15) is 0 Å². The molecule has 1 aliphatic rings. The number of rotatable bonds is 4. The number of anilines is 2. The smallest absolute Gasteiger partial charge is 0.412 e. The van der Waals surface area contributed by atoms with Crippen LogP contribution in [0.5, 0.6) is 0 Å². The number of amides is 2. The van der Waals surface area contributed by atoms with Gasteiger partial charge in [-0.3, -0.25) is 14.7 Å². The molecule has 7 nitrogen and oxygen atoms in total. The highest BCUT2D eigenvalue weighted by Gasteiger charge is 2.21. The van der Waals surface area contributed by atoms with Gasteiger partial charge in [0.25, 0.3) is 0 Å². The maximum Gasteiger partial charge on any atom is 0.412 e. The number of carbonyl (C=O) groups excluding carboxylic acids is 1. The van der Waals surface area contributed by atoms with Crippen LogP contribution >= 0.6 is 0 Å². The van der Waals surface area contributed by atoms with Gasteiger partial charge in [-0.1, -0.05) is 42.5 Å². The second kappa shape index (κ2) is 8.51. The minimum absolute atomic E-state index is 0.0472. The number of hydrogen-bond donors (Lipinski definition) is 2. The van der Waals surface area contributed by atoms with Gasteiger partial charge in [0.2, 0.25) is 5.91 Å². The Morgan fingerprint density at radius 2 is 1.90 bits per heavy atom. The highest BCUT2D eigenvalue weighted by atomic mass is 16.4. The number of nitrogens with one attached hydrogen (secondary N) is 1. The van der Waals surface area contributed by atoms with Crippen LogP contribution in [0.25, 0.3) is 0 Å². The second-order valence-electron chi connectivity index (χ2n) is 7.03. The molecule has 0 spiro atoms. The van der Waals surface area contributed by atoms with Crippen molar-refractivity contribution < 1.29 is 14.7 Å². The molecule has 0 saturated carbocycles. The molecule has 4 rings (SSSR count). The molecule has 0 fully saturated rings. The summed E-state index contributed by atoms with van der Waals surface area (Å²) in [5.74, 6) is -0.262. The monoisotopic (exact) mass is 410 g/mol. The zero-order valence-electron chi connectivity index (χ0n) is 16.4. The first-order valence-electron chi connectivity index (χ1n) is 9.60. The van der Waals surface area contributed by atoms with Gasteiger partial charge in [0, 0.05) is 5.69 Å². The molecule has 7 heteroatoms. The van der Waals surface area contributed by atoms with Crippen LogP contribution in [0.1, 0.15) is 23.1 Å². The van der Waals surface area contributed by atoms with Crippen molar-refractivity contribution in [3.8, 4) is 6.07 Å². The molecule has 152 valence electrons. The number of hydrogen-bond acceptors (Lipinski definition) is 4. The lowest BCUT2D eigenvalue weighted by Crippen LogP contribution is -2.28. The number of nitriles is 1. The van der Waals surface area contributed by atoms with Gasteiger partial charge in [-0.2, -0.15) is 5.26 Å². The summed E-state index contributed by atoms with van der Waals surface area (Å²) < 4.78 is 0. The van der Waals surface area contributed by atoms with E-state index in [1.165, 1.54) is 4.90 Å². The number of nitrogens with zero attached hydrogens (tertiary/aromatic N) is 3. The van der Waals surface area contributed by atoms with Crippen molar-refractivity contribution in [3.05, 3.63) is 89.5 Å². The molecule has 1 aliphatic heterocycles. The highest BCUT2D eigenvalue weighted by molar-refractivity contribution is 6.17. The van der Waals surface area contributed by atoms with Gasteiger partial charge < -0.3 is 10.4 Å². The van der Waals surface area contributed by atoms with E-state index in [0.717, 1.165) is 5.56 Å². The van der Waals surface area contributed by atoms with E-state index in [1.807, 2.05) is 30.3 Å². The lowest BCUT2D eigenvalue weighted by Gasteiger charge is -2.20. The molecule has 2 amide bonds. The molecule has 0 atom stereocenters. The molecule has 0 unspecified atom stereocenters. The van der Waals surface area contributed by atoms with E-state index in [0.29, 0.717) is 33.9 Å². The largest absolute Gasteiger partial charge is 0.465 e. The minimum Gasteiger partial charge on any atom is -0.465 e. The Labute approximate surface area is 178 Å². The molecular weight excluding hydrogens is 392 g/mol. The molecule has 0 saturated heterocycles. The Hall–Kier alpha value is -4.44. The van der Waals surface area contributed by atoms with E-state index in [9.17, 15) is 14.7 Å². The molecule has 1 heterocycles. The lowest BCUT2D eigenvalue weighted by atomic mass is 10.0. The van der Waals surface area contributed by atoms with Crippen molar-refractivity contribution in [2.75, 3.05) is 10.2 Å². The molecule has 0 bridgehead atoms. The average Bonchev–Trinajstić information content (AvgIpc) is 2.95. The summed E-state index contributed by atoms with van der Waals surface area (Å²) in [5.41, 5.74) is 3.97. The number of benzene rings is 3. The fourth-order valence-corrected chi connectivity index (χ4v) is 3.39. The van der Waals surface area contributed by atoms with Gasteiger partial charge in [0.05, 0.1) is 41.7 Å². The van der Waals surface area contributed by atoms with Gasteiger partial charge >= 0.3 is 6.09 Å². The fourth-order valence-electron chi connectivity index (χ4n) is 3.39. The maximum absolute atomic E-state index is 12.5. The predicted molar refractivity (Wildman–Crippen MR) is 118 cm³/mol. The van der Waals surface area contributed by atoms with Gasteiger partial charge in [-0.15, -0.1) is 0 Å². The topological polar surface area (TPSA) is 106 Å². The first-order valence-corrected chi connectivity index (χ1v) is 9.60. The first-order chi connectivity index (χ1) is 15.0. The Kier molecular flexibility index (Phi) is 5.45. The summed E-state index contributed by atoms with van der Waals surface area (Å²) in [6.07, 6.45) is -1.05. The SMILES string of the molecule is N#Cc1cccc(C2=Nc3ccc(N(Cc4ccccc4)C(=O)O)cc3NC(=O)C2)c1. The molecular formula is C24H18N4O3. The summed E-state index contributed by atoms with van der Waals surface area (Å²) in [6.45, 7) is 0.179. The fraction of sp³-hybridized carbons (Fsp3) is 0.0833. The van der Waals surface area contributed by atoms with Gasteiger partial charge in [-0.25, -0.2) is 4.79 Å². The van der Waals surface area contributed by atoms with Crippen LogP contribution < -0.4 is 10.2 Å². The summed E-state index contributed by atoms with van der Waals surface area (Å²) in [4.78, 5) is 30.2. The first kappa shape index (κ1) is 19.9. The van der Waals surface area contributed by atoms with Gasteiger partial charge in [0.15, 0.2) is 0 Å². The predicted octanol–water partition coefficient (Wildman–Crippen LogP) is 4.71. The second-order valence-corrected chi connectivity index (χ2v) is 7.03. The minimum atomic E-state index is -1.10. The van der Waals surface area contributed by atoms with Crippen LogP contribution in [0.4, 0.5) is 21.9 Å². The average molecular weight is 410 g/mol. The number of aliphatic imine (C=N–C) groups is 1. The van der Waals surface area contributed by atoms with Crippen LogP contribution in [-0.2, 0) is 11.3 Å². The quantitative estimate of drug-likeness (QED) is 0.650. The standard InChI is InChI=1S/C24H18N4O3/c25-14-17-7-4-8-18(11-17)21-13-23(29)27-22-12-19(9-10-20(22)26-21)28(24(30)31)15-16-5-2-1-3-6-16/h1-12H,13,15H2,(H,27,29)(H,30,31). The number of carbonyl (C=O) groups is 2. The summed E-state index contributed by atoms with van der Waals surface area (Å²) >= 11 is 0. The molecule has 3 aromatic carbocycles. The van der Waals surface area contributed by atoms with E-state index in [-0.39, 0.29) is 18.9 Å². The van der Waals surface area contributed by atoms with Crippen LogP contribution in [0, 0.1) is 11.3 Å². The lowest BCUT2D eigenvalue weighted by molar-refractivity contribution is -0.115. The summed E-state index contributed by atoms with van der Waals surface area (Å²) in [7, 11) is 0. The van der Waals surface area contributed by atoms with Crippen LogP contribution in [0.3, 0.4) is 0 Å².